The average Bonchev–Trinajstić information content (AvgIpc) is 3.30. The highest BCUT2D eigenvalue weighted by atomic mass is 32.1. The molecule has 3 aromatic rings. The van der Waals surface area contributed by atoms with Crippen LogP contribution in [0.2, 0.25) is 0 Å². The fourth-order valence-electron chi connectivity index (χ4n) is 3.44. The maximum absolute atomic E-state index is 12.9. The van der Waals surface area contributed by atoms with Crippen LogP contribution in [-0.2, 0) is 4.79 Å². The standard InChI is InChI=1S/C22H22F3N7O3S/c1-31-8-10-32(11-9-31)13-18(33)27-16-12-15(2-3-17(16)35-22(23,24)25)19(34)28-21-30-29-20(36-21)14-4-6-26-7-5-14/h2-7,12H,8-11,13H2,1H3,(H,27,33)(H,28,30,34). The SMILES string of the molecule is CN1CCN(CC(=O)Nc2cc(C(=O)Nc3nnc(-c4ccncc4)s3)ccc2OC(F)(F)F)CC1. The van der Waals surface area contributed by atoms with E-state index >= 15 is 0 Å². The van der Waals surface area contributed by atoms with E-state index in [1.54, 1.807) is 24.5 Å². The third kappa shape index (κ3) is 6.96. The third-order valence-electron chi connectivity index (χ3n) is 5.28. The van der Waals surface area contributed by atoms with Crippen LogP contribution in [0.5, 0.6) is 5.75 Å². The van der Waals surface area contributed by atoms with Crippen molar-refractivity contribution in [3.63, 3.8) is 0 Å². The zero-order chi connectivity index (χ0) is 25.7. The Bertz CT molecular complexity index is 1220. The molecule has 1 aliphatic heterocycles. The molecule has 14 heteroatoms. The lowest BCUT2D eigenvalue weighted by atomic mass is 10.1. The van der Waals surface area contributed by atoms with Gasteiger partial charge < -0.3 is 15.0 Å². The van der Waals surface area contributed by atoms with Crippen LogP contribution in [0, 0.1) is 0 Å². The van der Waals surface area contributed by atoms with Gasteiger partial charge >= 0.3 is 6.36 Å². The second kappa shape index (κ2) is 11.0. The molecule has 1 fully saturated rings. The number of carbonyl (C=O) groups is 2. The maximum Gasteiger partial charge on any atom is 0.573 e. The lowest BCUT2D eigenvalue weighted by molar-refractivity contribution is -0.274. The smallest absolute Gasteiger partial charge is 0.404 e. The summed E-state index contributed by atoms with van der Waals surface area (Å²) in [6.07, 6.45) is -1.78. The molecule has 0 unspecified atom stereocenters. The Kier molecular flexibility index (Phi) is 7.76. The summed E-state index contributed by atoms with van der Waals surface area (Å²) in [5, 5.41) is 13.7. The molecule has 190 valence electrons. The molecule has 1 aliphatic rings. The van der Waals surface area contributed by atoms with E-state index in [9.17, 15) is 22.8 Å². The van der Waals surface area contributed by atoms with Crippen molar-refractivity contribution in [3.8, 4) is 16.3 Å². The molecule has 1 saturated heterocycles. The third-order valence-corrected chi connectivity index (χ3v) is 6.17. The first kappa shape index (κ1) is 25.5. The topological polar surface area (TPSA) is 113 Å². The van der Waals surface area contributed by atoms with Gasteiger partial charge in [-0.05, 0) is 37.4 Å². The van der Waals surface area contributed by atoms with Crippen LogP contribution in [0.1, 0.15) is 10.4 Å². The molecule has 0 bridgehead atoms. The number of nitrogens with zero attached hydrogens (tertiary/aromatic N) is 5. The van der Waals surface area contributed by atoms with Crippen LogP contribution in [0.4, 0.5) is 24.0 Å². The molecule has 2 aromatic heterocycles. The first-order chi connectivity index (χ1) is 17.2. The van der Waals surface area contributed by atoms with Gasteiger partial charge in [0, 0.05) is 49.7 Å². The number of benzene rings is 1. The molecule has 10 nitrogen and oxygen atoms in total. The minimum absolute atomic E-state index is 0.0000768. The maximum atomic E-state index is 12.9. The van der Waals surface area contributed by atoms with Gasteiger partial charge in [0.1, 0.15) is 5.01 Å². The Labute approximate surface area is 208 Å². The highest BCUT2D eigenvalue weighted by molar-refractivity contribution is 7.18. The summed E-state index contributed by atoms with van der Waals surface area (Å²) in [6, 6.07) is 6.75. The summed E-state index contributed by atoms with van der Waals surface area (Å²) in [5.41, 5.74) is 0.496. The second-order valence-corrected chi connectivity index (χ2v) is 8.97. The van der Waals surface area contributed by atoms with E-state index in [0.717, 1.165) is 48.2 Å². The lowest BCUT2D eigenvalue weighted by Crippen LogP contribution is -2.47. The van der Waals surface area contributed by atoms with Gasteiger partial charge in [-0.2, -0.15) is 0 Å². The first-order valence-electron chi connectivity index (χ1n) is 10.8. The largest absolute Gasteiger partial charge is 0.573 e. The van der Waals surface area contributed by atoms with Crippen LogP contribution in [-0.4, -0.2) is 82.9 Å². The van der Waals surface area contributed by atoms with E-state index < -0.39 is 23.9 Å². The Morgan fingerprint density at radius 3 is 2.47 bits per heavy atom. The number of amides is 2. The van der Waals surface area contributed by atoms with Crippen molar-refractivity contribution in [2.45, 2.75) is 6.36 Å². The van der Waals surface area contributed by atoms with Crippen LogP contribution in [0.15, 0.2) is 42.7 Å². The van der Waals surface area contributed by atoms with E-state index in [1.807, 2.05) is 11.9 Å². The Morgan fingerprint density at radius 1 is 1.06 bits per heavy atom. The average molecular weight is 522 g/mol. The van der Waals surface area contributed by atoms with E-state index in [1.165, 1.54) is 0 Å². The molecule has 4 rings (SSSR count). The second-order valence-electron chi connectivity index (χ2n) is 7.99. The highest BCUT2D eigenvalue weighted by Gasteiger charge is 2.32. The number of halogens is 3. The summed E-state index contributed by atoms with van der Waals surface area (Å²) < 4.78 is 42.8. The van der Waals surface area contributed by atoms with Gasteiger partial charge in [-0.1, -0.05) is 11.3 Å². The van der Waals surface area contributed by atoms with Crippen molar-refractivity contribution in [1.82, 2.24) is 25.0 Å². The molecule has 0 atom stereocenters. The first-order valence-corrected chi connectivity index (χ1v) is 11.6. The molecule has 0 radical (unpaired) electrons. The monoisotopic (exact) mass is 521 g/mol. The number of nitrogens with one attached hydrogen (secondary N) is 2. The van der Waals surface area contributed by atoms with Crippen molar-refractivity contribution < 1.29 is 27.5 Å². The van der Waals surface area contributed by atoms with E-state index in [0.29, 0.717) is 18.1 Å². The molecule has 2 amide bonds. The van der Waals surface area contributed by atoms with Crippen molar-refractivity contribution in [2.24, 2.45) is 0 Å². The molecule has 0 saturated carbocycles. The number of rotatable bonds is 7. The molecule has 0 spiro atoms. The number of aromatic nitrogens is 3. The number of alkyl halides is 3. The zero-order valence-corrected chi connectivity index (χ0v) is 19.9. The van der Waals surface area contributed by atoms with Crippen molar-refractivity contribution in [3.05, 3.63) is 48.3 Å². The zero-order valence-electron chi connectivity index (χ0n) is 19.1. The van der Waals surface area contributed by atoms with Crippen LogP contribution < -0.4 is 15.4 Å². The van der Waals surface area contributed by atoms with Crippen molar-refractivity contribution in [2.75, 3.05) is 50.4 Å². The quantitative estimate of drug-likeness (QED) is 0.488. The minimum Gasteiger partial charge on any atom is -0.404 e. The van der Waals surface area contributed by atoms with Crippen LogP contribution in [0.3, 0.4) is 0 Å². The van der Waals surface area contributed by atoms with E-state index in [4.69, 9.17) is 0 Å². The predicted octanol–water partition coefficient (Wildman–Crippen LogP) is 2.94. The number of pyridine rings is 1. The van der Waals surface area contributed by atoms with Gasteiger partial charge in [-0.15, -0.1) is 23.4 Å². The highest BCUT2D eigenvalue weighted by Crippen LogP contribution is 2.32. The molecular formula is C22H22F3N7O3S. The number of hydrogen-bond donors (Lipinski definition) is 2. The Morgan fingerprint density at radius 2 is 1.78 bits per heavy atom. The van der Waals surface area contributed by atoms with Gasteiger partial charge in [0.15, 0.2) is 5.75 Å². The molecule has 2 N–H and O–H groups in total. The molecule has 1 aromatic carbocycles. The fourth-order valence-corrected chi connectivity index (χ4v) is 4.18. The van der Waals surface area contributed by atoms with Gasteiger partial charge in [-0.25, -0.2) is 0 Å². The lowest BCUT2D eigenvalue weighted by Gasteiger charge is -2.31. The Hall–Kier alpha value is -3.62. The number of carbonyl (C=O) groups excluding carboxylic acids is 2. The summed E-state index contributed by atoms with van der Waals surface area (Å²) in [6.45, 7) is 2.86. The number of ether oxygens (including phenoxy) is 1. The summed E-state index contributed by atoms with van der Waals surface area (Å²) in [7, 11) is 1.97. The minimum atomic E-state index is -4.98. The van der Waals surface area contributed by atoms with Gasteiger partial charge in [0.2, 0.25) is 11.0 Å². The number of anilines is 2. The van der Waals surface area contributed by atoms with Gasteiger partial charge in [0.05, 0.1) is 12.2 Å². The van der Waals surface area contributed by atoms with Gasteiger partial charge in [-0.3, -0.25) is 24.8 Å². The molecular weight excluding hydrogens is 499 g/mol. The summed E-state index contributed by atoms with van der Waals surface area (Å²) in [5.74, 6) is -1.78. The van der Waals surface area contributed by atoms with E-state index in [2.05, 4.69) is 35.5 Å². The van der Waals surface area contributed by atoms with Crippen LogP contribution >= 0.6 is 11.3 Å². The number of likely N-dealkylation sites (N-methyl/N-ethyl adjacent to an activating group) is 1. The summed E-state index contributed by atoms with van der Waals surface area (Å²) >= 11 is 1.12. The van der Waals surface area contributed by atoms with Crippen molar-refractivity contribution in [1.29, 1.82) is 0 Å². The van der Waals surface area contributed by atoms with E-state index in [-0.39, 0.29) is 22.9 Å². The fraction of sp³-hybridized carbons (Fsp3) is 0.318. The molecule has 3 heterocycles. The number of hydrogen-bond acceptors (Lipinski definition) is 9. The van der Waals surface area contributed by atoms with Crippen molar-refractivity contribution >= 4 is 34.0 Å². The normalized spacial score (nSPS) is 14.9. The molecule has 0 aliphatic carbocycles. The predicted molar refractivity (Wildman–Crippen MR) is 127 cm³/mol. The van der Waals surface area contributed by atoms with Crippen LogP contribution in [0.25, 0.3) is 10.6 Å². The summed E-state index contributed by atoms with van der Waals surface area (Å²) in [4.78, 5) is 33.3. The Balaban J connectivity index is 1.48. The molecule has 36 heavy (non-hydrogen) atoms. The number of piperazine rings is 1. The van der Waals surface area contributed by atoms with Gasteiger partial charge in [0.25, 0.3) is 5.91 Å².